The second-order valence-corrected chi connectivity index (χ2v) is 19.2. The first kappa shape index (κ1) is 42.6. The minimum atomic E-state index is -0.686. The molecule has 2 saturated carbocycles. The van der Waals surface area contributed by atoms with Crippen molar-refractivity contribution in [3.63, 3.8) is 0 Å². The molecule has 7 aliphatic rings. The van der Waals surface area contributed by atoms with Gasteiger partial charge in [0.15, 0.2) is 0 Å². The summed E-state index contributed by atoms with van der Waals surface area (Å²) < 4.78 is 21.0. The zero-order valence-electron chi connectivity index (χ0n) is 37.4. The number of alkyl carbamates (subject to hydrolysis) is 2. The molecule has 4 aromatic rings. The van der Waals surface area contributed by atoms with Crippen LogP contribution in [0.5, 0.6) is 0 Å². The largest absolute Gasteiger partial charge is 0.453 e. The van der Waals surface area contributed by atoms with E-state index in [0.29, 0.717) is 70.4 Å². The van der Waals surface area contributed by atoms with Crippen molar-refractivity contribution in [1.82, 2.24) is 30.4 Å². The lowest BCUT2D eigenvalue weighted by molar-refractivity contribution is -0.138. The Hall–Kier alpha value is -6.06. The number of aromatic amines is 1. The van der Waals surface area contributed by atoms with E-state index in [-0.39, 0.29) is 47.8 Å². The standard InChI is InChI=1S/C51H57N7O8/c1-63-50(61)55-45(30-13-17-65-18-14-30)48(59)57-41-22-32(41)24-43(57)39-21-34(26-52-39)28-9-11-29(12-10-28)35-5-3-7-37-36(35)6-4-8-38(37)40-27-53-47(54-40)44-25-33-23-42(33)58(44)49(60)46(56-51(62)64-2)31-15-19-66-20-16-31/h3-12,26-27,30-33,41-46H,13-25H2,1-2H3,(H,53,54)(H,55,61)(H,56,62)/t32-,33-,41-,42-,43+,44+,45+,46?/m1/s1. The number of imidazole rings is 1. The van der Waals surface area contributed by atoms with Crippen LogP contribution in [0, 0.1) is 23.7 Å². The maximum Gasteiger partial charge on any atom is 0.407 e. The Labute approximate surface area is 383 Å². The van der Waals surface area contributed by atoms with E-state index in [1.54, 1.807) is 0 Å². The molecule has 2 aliphatic carbocycles. The summed E-state index contributed by atoms with van der Waals surface area (Å²) in [5.41, 5.74) is 7.32. The van der Waals surface area contributed by atoms with Crippen molar-refractivity contribution in [2.45, 2.75) is 94.0 Å². The molecule has 4 amide bonds. The number of rotatable bonds is 11. The van der Waals surface area contributed by atoms with Gasteiger partial charge in [-0.05, 0) is 108 Å². The van der Waals surface area contributed by atoms with Crippen LogP contribution in [0.25, 0.3) is 38.7 Å². The number of allylic oxidation sites excluding steroid dienone is 1. The number of carbonyl (C=O) groups excluding carboxylic acids is 4. The van der Waals surface area contributed by atoms with Crippen molar-refractivity contribution < 1.29 is 38.1 Å². The lowest BCUT2D eigenvalue weighted by Crippen LogP contribution is -2.56. The highest BCUT2D eigenvalue weighted by Gasteiger charge is 2.58. The van der Waals surface area contributed by atoms with E-state index in [2.05, 4.69) is 76.3 Å². The molecule has 3 N–H and O–H groups in total. The van der Waals surface area contributed by atoms with E-state index in [9.17, 15) is 19.2 Å². The number of ether oxygens (including phenoxy) is 4. The van der Waals surface area contributed by atoms with Gasteiger partial charge in [0.1, 0.15) is 17.9 Å². The van der Waals surface area contributed by atoms with Crippen molar-refractivity contribution in [3.05, 3.63) is 84.4 Å². The average Bonchev–Trinajstić information content (AvgIpc) is 3.94. The van der Waals surface area contributed by atoms with E-state index in [1.165, 1.54) is 14.2 Å². The molecule has 8 atom stereocenters. The number of carbonyl (C=O) groups is 4. The molecular formula is C51H57N7O8. The van der Waals surface area contributed by atoms with Gasteiger partial charge in [-0.25, -0.2) is 14.6 Å². The molecule has 6 heterocycles. The summed E-state index contributed by atoms with van der Waals surface area (Å²) in [5.74, 6) is 1.49. The van der Waals surface area contributed by atoms with E-state index < -0.39 is 24.3 Å². The number of aromatic nitrogens is 2. The predicted octanol–water partition coefficient (Wildman–Crippen LogP) is 7.04. The van der Waals surface area contributed by atoms with Gasteiger partial charge in [-0.1, -0.05) is 60.7 Å². The summed E-state index contributed by atoms with van der Waals surface area (Å²) in [5, 5.41) is 7.96. The third kappa shape index (κ3) is 7.93. The number of benzene rings is 3. The summed E-state index contributed by atoms with van der Waals surface area (Å²) in [6, 6.07) is 20.1. The van der Waals surface area contributed by atoms with Crippen molar-refractivity contribution >= 4 is 46.1 Å². The van der Waals surface area contributed by atoms with Gasteiger partial charge in [0.05, 0.1) is 38.2 Å². The number of hydrogen-bond donors (Lipinski definition) is 3. The number of likely N-dealkylation sites (tertiary alicyclic amines) is 2. The third-order valence-corrected chi connectivity index (χ3v) is 15.5. The summed E-state index contributed by atoms with van der Waals surface area (Å²) in [6.45, 7) is 2.27. The number of amides is 4. The highest BCUT2D eigenvalue weighted by atomic mass is 16.5. The monoisotopic (exact) mass is 895 g/mol. The molecule has 11 rings (SSSR count). The lowest BCUT2D eigenvalue weighted by atomic mass is 9.90. The Kier molecular flexibility index (Phi) is 11.4. The van der Waals surface area contributed by atoms with Gasteiger partial charge < -0.3 is 44.4 Å². The first-order valence-electron chi connectivity index (χ1n) is 23.7. The number of piperidine rings is 2. The number of nitrogens with one attached hydrogen (secondary N) is 3. The van der Waals surface area contributed by atoms with E-state index in [0.717, 1.165) is 81.5 Å². The Morgan fingerprint density at radius 1 is 0.682 bits per heavy atom. The smallest absolute Gasteiger partial charge is 0.407 e. The van der Waals surface area contributed by atoms with Gasteiger partial charge in [-0.2, -0.15) is 0 Å². The summed E-state index contributed by atoms with van der Waals surface area (Å²) in [7, 11) is 2.66. The number of nitrogens with zero attached hydrogens (tertiary/aromatic N) is 4. The molecule has 1 unspecified atom stereocenters. The van der Waals surface area contributed by atoms with Gasteiger partial charge in [0, 0.05) is 62.4 Å². The molecular weight excluding hydrogens is 839 g/mol. The molecule has 3 aromatic carbocycles. The minimum Gasteiger partial charge on any atom is -0.453 e. The van der Waals surface area contributed by atoms with Crippen LogP contribution in [-0.2, 0) is 28.5 Å². The molecule has 5 aliphatic heterocycles. The van der Waals surface area contributed by atoms with Crippen LogP contribution in [0.1, 0.15) is 75.2 Å². The topological polar surface area (TPSA) is 177 Å². The first-order chi connectivity index (χ1) is 32.3. The van der Waals surface area contributed by atoms with Crippen molar-refractivity contribution in [2.75, 3.05) is 40.6 Å². The van der Waals surface area contributed by atoms with E-state index in [4.69, 9.17) is 28.9 Å². The van der Waals surface area contributed by atoms with Gasteiger partial charge in [0.2, 0.25) is 11.8 Å². The lowest BCUT2D eigenvalue weighted by Gasteiger charge is -2.36. The molecule has 344 valence electrons. The first-order valence-corrected chi connectivity index (χ1v) is 23.7. The Morgan fingerprint density at radius 3 is 1.80 bits per heavy atom. The molecule has 0 bridgehead atoms. The SMILES string of the molecule is COC(=O)NC(C(=O)N1[C@@H]2C[C@@H]2C[C@H]1c1ncc(-c2cccc3c(-c4ccc(C5=CN=C([C@@H]6C[C@H]7C[C@H]7N6C(=O)[C@@H](NC(=O)OC)C6CCOCC6)C5)cc4)cccc23)[nH]1)C1CCOCC1. The van der Waals surface area contributed by atoms with Crippen molar-refractivity contribution in [1.29, 1.82) is 0 Å². The molecule has 15 heteroatoms. The number of H-pyrrole nitrogens is 1. The second kappa shape index (κ2) is 17.6. The zero-order chi connectivity index (χ0) is 45.1. The molecule has 66 heavy (non-hydrogen) atoms. The molecule has 15 nitrogen and oxygen atoms in total. The van der Waals surface area contributed by atoms with Gasteiger partial charge >= 0.3 is 12.2 Å². The van der Waals surface area contributed by atoms with Crippen LogP contribution in [0.3, 0.4) is 0 Å². The van der Waals surface area contributed by atoms with Crippen LogP contribution >= 0.6 is 0 Å². The molecule has 0 spiro atoms. The fourth-order valence-corrected chi connectivity index (χ4v) is 11.8. The van der Waals surface area contributed by atoms with Crippen LogP contribution < -0.4 is 10.6 Å². The Morgan fingerprint density at radius 2 is 1.21 bits per heavy atom. The highest BCUT2D eigenvalue weighted by Crippen LogP contribution is 2.54. The maximum absolute atomic E-state index is 14.4. The minimum absolute atomic E-state index is 0.00830. The Bertz CT molecular complexity index is 2600. The quantitative estimate of drug-likeness (QED) is 0.143. The third-order valence-electron chi connectivity index (χ3n) is 15.5. The van der Waals surface area contributed by atoms with Crippen LogP contribution in [-0.4, -0.2) is 120 Å². The highest BCUT2D eigenvalue weighted by molar-refractivity contribution is 6.06. The van der Waals surface area contributed by atoms with Crippen LogP contribution in [0.4, 0.5) is 9.59 Å². The summed E-state index contributed by atoms with van der Waals surface area (Å²) in [6.07, 6.45) is 9.80. The Balaban J connectivity index is 0.790. The van der Waals surface area contributed by atoms with Crippen molar-refractivity contribution in [2.24, 2.45) is 28.7 Å². The van der Waals surface area contributed by atoms with E-state index >= 15 is 0 Å². The number of hydrogen-bond acceptors (Lipinski definition) is 10. The molecule has 6 fully saturated rings. The molecule has 4 saturated heterocycles. The van der Waals surface area contributed by atoms with Gasteiger partial charge in [-0.15, -0.1) is 0 Å². The van der Waals surface area contributed by atoms with Crippen LogP contribution in [0.2, 0.25) is 0 Å². The van der Waals surface area contributed by atoms with Gasteiger partial charge in [-0.3, -0.25) is 14.6 Å². The van der Waals surface area contributed by atoms with Crippen LogP contribution in [0.15, 0.2) is 78.1 Å². The maximum atomic E-state index is 14.4. The van der Waals surface area contributed by atoms with Crippen molar-refractivity contribution in [3.8, 4) is 22.4 Å². The summed E-state index contributed by atoms with van der Waals surface area (Å²) in [4.78, 5) is 71.1. The molecule has 0 radical (unpaired) electrons. The molecule has 1 aromatic heterocycles. The number of aliphatic imine (C=N–C) groups is 1. The van der Waals surface area contributed by atoms with Gasteiger partial charge in [0.25, 0.3) is 0 Å². The second-order valence-electron chi connectivity index (χ2n) is 19.2. The van der Waals surface area contributed by atoms with E-state index in [1.807, 2.05) is 22.2 Å². The normalized spacial score (nSPS) is 26.8. The fraction of sp³-hybridized carbons (Fsp3) is 0.490. The number of methoxy groups -OCH3 is 2. The zero-order valence-corrected chi connectivity index (χ0v) is 37.4. The average molecular weight is 896 g/mol. The summed E-state index contributed by atoms with van der Waals surface area (Å²) >= 11 is 0. The number of fused-ring (bicyclic) bond motifs is 3. The predicted molar refractivity (Wildman–Crippen MR) is 246 cm³/mol. The fourth-order valence-electron chi connectivity index (χ4n) is 11.8.